The molecule has 1 saturated heterocycles. The second-order valence-electron chi connectivity index (χ2n) is 9.42. The van der Waals surface area contributed by atoms with Crippen LogP contribution >= 0.6 is 11.6 Å². The Morgan fingerprint density at radius 1 is 1.12 bits per heavy atom. The molecule has 1 aliphatic heterocycles. The topological polar surface area (TPSA) is 152 Å². The highest BCUT2D eigenvalue weighted by molar-refractivity contribution is 7.74. The van der Waals surface area contributed by atoms with Gasteiger partial charge in [-0.25, -0.2) is 22.7 Å². The summed E-state index contributed by atoms with van der Waals surface area (Å²) in [7, 11) is -1.77. The second-order valence-corrected chi connectivity index (χ2v) is 10.7. The first-order valence-electron chi connectivity index (χ1n) is 13.2. The van der Waals surface area contributed by atoms with Crippen LogP contribution in [0.5, 0.6) is 5.75 Å². The van der Waals surface area contributed by atoms with E-state index in [1.165, 1.54) is 25.3 Å². The molecule has 14 heteroatoms. The summed E-state index contributed by atoms with van der Waals surface area (Å²) < 4.78 is 31.7. The van der Waals surface area contributed by atoms with Crippen LogP contribution in [0.2, 0.25) is 5.02 Å². The maximum absolute atomic E-state index is 12.8. The van der Waals surface area contributed by atoms with Gasteiger partial charge in [-0.2, -0.15) is 0 Å². The molecule has 0 spiro atoms. The molecular weight excluding hydrogens is 580 g/mol. The maximum Gasteiger partial charge on any atom is 0.360 e. The van der Waals surface area contributed by atoms with Gasteiger partial charge in [0.1, 0.15) is 17.4 Å². The lowest BCUT2D eigenvalue weighted by molar-refractivity contribution is 0.0992. The van der Waals surface area contributed by atoms with Gasteiger partial charge >= 0.3 is 5.91 Å². The number of para-hydroxylation sites is 2. The molecule has 1 unspecified atom stereocenters. The summed E-state index contributed by atoms with van der Waals surface area (Å²) in [5, 5.41) is 14.5. The highest BCUT2D eigenvalue weighted by Gasteiger charge is 2.23. The molecule has 5 rings (SSSR count). The number of piperidine rings is 1. The molecule has 1 fully saturated rings. The predicted octanol–water partition coefficient (Wildman–Crippen LogP) is 4.95. The molecule has 0 radical (unpaired) electrons. The van der Waals surface area contributed by atoms with Gasteiger partial charge in [0.05, 0.1) is 40.1 Å². The van der Waals surface area contributed by atoms with E-state index in [1.54, 1.807) is 48.5 Å². The Bertz CT molecular complexity index is 1750. The first kappa shape index (κ1) is 29.1. The summed E-state index contributed by atoms with van der Waals surface area (Å²) >= 11 is 6.42. The molecule has 0 saturated carbocycles. The SMILES string of the molecule is COc1ccc(Cl)c(Nc2nc3ccccc3nc2N(c2cccc(C(=O)N=[N+]=NCC3CCCCN3)c2)[SH](=O)=O)c1. The number of rotatable bonds is 9. The van der Waals surface area contributed by atoms with Gasteiger partial charge in [-0.05, 0) is 61.9 Å². The number of methoxy groups -OCH3 is 1. The lowest BCUT2D eigenvalue weighted by atomic mass is 10.1. The number of nitrogens with one attached hydrogen (secondary N) is 2. The molecule has 2 N–H and O–H groups in total. The van der Waals surface area contributed by atoms with Crippen LogP contribution in [0.25, 0.3) is 11.0 Å². The van der Waals surface area contributed by atoms with E-state index < -0.39 is 16.8 Å². The van der Waals surface area contributed by atoms with Crippen LogP contribution in [0.1, 0.15) is 29.6 Å². The number of benzene rings is 3. The largest absolute Gasteiger partial charge is 0.497 e. The van der Waals surface area contributed by atoms with Crippen LogP contribution in [0.15, 0.2) is 77.0 Å². The van der Waals surface area contributed by atoms with Gasteiger partial charge in [-0.1, -0.05) is 36.2 Å². The number of thiol groups is 1. The first-order chi connectivity index (χ1) is 20.4. The molecule has 1 aromatic heterocycles. The Kier molecular flexibility index (Phi) is 9.35. The molecule has 4 aromatic rings. The quantitative estimate of drug-likeness (QED) is 0.137. The fourth-order valence-electron chi connectivity index (χ4n) is 4.49. The molecule has 2 heterocycles. The van der Waals surface area contributed by atoms with Crippen molar-refractivity contribution in [2.75, 3.05) is 29.8 Å². The summed E-state index contributed by atoms with van der Waals surface area (Å²) in [5.74, 6) is -0.0324. The average Bonchev–Trinajstić information content (AvgIpc) is 3.01. The van der Waals surface area contributed by atoms with Crippen LogP contribution < -0.4 is 24.6 Å². The molecule has 0 aliphatic carbocycles. The van der Waals surface area contributed by atoms with Crippen LogP contribution in [0.3, 0.4) is 0 Å². The third kappa shape index (κ3) is 6.89. The summed E-state index contributed by atoms with van der Waals surface area (Å²) in [4.78, 5) is 25.7. The number of hydrogen-bond acceptors (Lipinski definition) is 9. The predicted molar refractivity (Wildman–Crippen MR) is 162 cm³/mol. The summed E-state index contributed by atoms with van der Waals surface area (Å²) in [6, 6.07) is 18.3. The Hall–Kier alpha value is -4.42. The van der Waals surface area contributed by atoms with Crippen LogP contribution in [0, 0.1) is 0 Å². The molecule has 1 atom stereocenters. The lowest BCUT2D eigenvalue weighted by Gasteiger charge is -2.21. The normalized spacial score (nSPS) is 14.7. The van der Waals surface area contributed by atoms with Crippen molar-refractivity contribution in [1.82, 2.24) is 20.2 Å². The van der Waals surface area contributed by atoms with Crippen LogP contribution in [0.4, 0.5) is 23.0 Å². The van der Waals surface area contributed by atoms with Crippen molar-refractivity contribution < 1.29 is 17.9 Å². The van der Waals surface area contributed by atoms with Gasteiger partial charge in [-0.3, -0.25) is 4.79 Å². The van der Waals surface area contributed by atoms with Crippen molar-refractivity contribution in [2.24, 2.45) is 10.2 Å². The number of halogens is 1. The smallest absolute Gasteiger partial charge is 0.360 e. The minimum atomic E-state index is -3.29. The zero-order valence-electron chi connectivity index (χ0n) is 22.6. The van der Waals surface area contributed by atoms with Gasteiger partial charge in [0.25, 0.3) is 0 Å². The van der Waals surface area contributed by atoms with E-state index in [9.17, 15) is 13.2 Å². The number of fused-ring (bicyclic) bond motifs is 1. The highest BCUT2D eigenvalue weighted by atomic mass is 35.5. The number of aromatic nitrogens is 2. The number of carbonyl (C=O) groups excluding carboxylic acids is 1. The second kappa shape index (κ2) is 13.5. The minimum absolute atomic E-state index is 0.0232. The molecule has 0 bridgehead atoms. The zero-order chi connectivity index (χ0) is 29.5. The van der Waals surface area contributed by atoms with E-state index >= 15 is 0 Å². The Balaban J connectivity index is 1.50. The van der Waals surface area contributed by atoms with Gasteiger partial charge in [-0.15, -0.1) is 0 Å². The number of carbonyl (C=O) groups is 1. The van der Waals surface area contributed by atoms with Gasteiger partial charge in [0.15, 0.2) is 11.6 Å². The average molecular weight is 608 g/mol. The molecule has 12 nitrogen and oxygen atoms in total. The van der Waals surface area contributed by atoms with E-state index in [0.29, 0.717) is 34.0 Å². The van der Waals surface area contributed by atoms with Crippen molar-refractivity contribution in [1.29, 1.82) is 0 Å². The van der Waals surface area contributed by atoms with Crippen molar-refractivity contribution in [3.05, 3.63) is 77.3 Å². The number of nitrogens with zero attached hydrogens (tertiary/aromatic N) is 6. The molecule has 216 valence electrons. The first-order valence-corrected chi connectivity index (χ1v) is 14.7. The summed E-state index contributed by atoms with van der Waals surface area (Å²) in [6.07, 6.45) is 3.26. The van der Waals surface area contributed by atoms with Gasteiger partial charge in [0.2, 0.25) is 20.9 Å². The third-order valence-electron chi connectivity index (χ3n) is 6.59. The van der Waals surface area contributed by atoms with E-state index in [1.807, 2.05) is 0 Å². The highest BCUT2D eigenvalue weighted by Crippen LogP contribution is 2.36. The van der Waals surface area contributed by atoms with Crippen molar-refractivity contribution >= 4 is 62.4 Å². The van der Waals surface area contributed by atoms with E-state index in [-0.39, 0.29) is 28.9 Å². The van der Waals surface area contributed by atoms with Gasteiger partial charge < -0.3 is 15.4 Å². The van der Waals surface area contributed by atoms with Crippen molar-refractivity contribution in [2.45, 2.75) is 25.3 Å². The molecule has 3 aromatic carbocycles. The van der Waals surface area contributed by atoms with Crippen molar-refractivity contribution in [3.8, 4) is 5.75 Å². The number of amides is 1. The number of hydrogen-bond donors (Lipinski definition) is 3. The van der Waals surface area contributed by atoms with Gasteiger partial charge in [0, 0.05) is 12.1 Å². The molecular formula is C28H28ClN8O4S+. The summed E-state index contributed by atoms with van der Waals surface area (Å²) in [5.41, 5.74) is 1.70. The van der Waals surface area contributed by atoms with Crippen LogP contribution in [-0.2, 0) is 10.9 Å². The molecule has 1 aliphatic rings. The van der Waals surface area contributed by atoms with E-state index in [0.717, 1.165) is 30.1 Å². The Labute approximate surface area is 248 Å². The maximum atomic E-state index is 12.8. The Morgan fingerprint density at radius 3 is 2.67 bits per heavy atom. The van der Waals surface area contributed by atoms with E-state index in [4.69, 9.17) is 16.3 Å². The zero-order valence-corrected chi connectivity index (χ0v) is 24.3. The molecule has 1 amide bonds. The number of anilines is 4. The van der Waals surface area contributed by atoms with Crippen molar-refractivity contribution in [3.63, 3.8) is 0 Å². The third-order valence-corrected chi connectivity index (χ3v) is 7.67. The van der Waals surface area contributed by atoms with Crippen LogP contribution in [-0.4, -0.2) is 50.5 Å². The van der Waals surface area contributed by atoms with E-state index in [2.05, 4.69) is 35.7 Å². The standard InChI is InChI=1S/C28H27ClN8O4S/c1-41-21-12-13-22(29)25(16-21)33-26-27(34-24-11-3-2-10-23(24)32-26)37(42(39)40)20-9-6-7-18(15-20)28(38)35-36-31-17-19-8-4-5-14-30-19/h2-3,6-7,9-13,15-16,19,30,42H,4-5,8,14,17H2,1H3/p+1. The fraction of sp³-hybridized carbons (Fsp3) is 0.250. The summed E-state index contributed by atoms with van der Waals surface area (Å²) in [6.45, 7) is 1.36. The fourth-order valence-corrected chi connectivity index (χ4v) is 5.26. The lowest BCUT2D eigenvalue weighted by Crippen LogP contribution is -2.36. The minimum Gasteiger partial charge on any atom is -0.497 e. The monoisotopic (exact) mass is 607 g/mol. The Morgan fingerprint density at radius 2 is 1.93 bits per heavy atom. The number of ether oxygens (including phenoxy) is 1. The molecule has 42 heavy (non-hydrogen) atoms.